The number of ether oxygens (including phenoxy) is 1. The molecule has 1 spiro atoms. The minimum atomic E-state index is -0.878. The Kier molecular flexibility index (Phi) is 6.89. The van der Waals surface area contributed by atoms with Crippen LogP contribution in [0, 0.1) is 17.0 Å². The summed E-state index contributed by atoms with van der Waals surface area (Å²) in [5, 5.41) is 2.08. The summed E-state index contributed by atoms with van der Waals surface area (Å²) in [6.45, 7) is 0.533. The fourth-order valence-corrected chi connectivity index (χ4v) is 7.94. The average Bonchev–Trinajstić information content (AvgIpc) is 3.18. The third-order valence-electron chi connectivity index (χ3n) is 8.92. The lowest BCUT2D eigenvalue weighted by Crippen LogP contribution is -2.57. The molecule has 1 saturated carbocycles. The van der Waals surface area contributed by atoms with Gasteiger partial charge in [0.05, 0.1) is 11.5 Å². The molecule has 1 aliphatic carbocycles. The number of carbonyl (C=O) groups is 1. The molecule has 3 aromatic carbocycles. The first kappa shape index (κ1) is 27.0. The van der Waals surface area contributed by atoms with Crippen molar-refractivity contribution in [3.8, 4) is 5.75 Å². The highest BCUT2D eigenvalue weighted by Gasteiger charge is 2.50. The van der Waals surface area contributed by atoms with Crippen molar-refractivity contribution in [1.29, 1.82) is 0 Å². The molecule has 0 N–H and O–H groups in total. The van der Waals surface area contributed by atoms with Crippen molar-refractivity contribution < 1.29 is 18.3 Å². The van der Waals surface area contributed by atoms with Crippen molar-refractivity contribution in [1.82, 2.24) is 4.68 Å². The maximum absolute atomic E-state index is 15.4. The largest absolute Gasteiger partial charge is 0.483 e. The van der Waals surface area contributed by atoms with Crippen LogP contribution >= 0.6 is 11.8 Å². The highest BCUT2D eigenvalue weighted by molar-refractivity contribution is 7.98. The van der Waals surface area contributed by atoms with E-state index in [9.17, 15) is 14.0 Å². The third-order valence-corrected chi connectivity index (χ3v) is 10.0. The van der Waals surface area contributed by atoms with Gasteiger partial charge in [0.15, 0.2) is 28.9 Å². The minimum Gasteiger partial charge on any atom is -0.483 e. The van der Waals surface area contributed by atoms with Gasteiger partial charge < -0.3 is 4.74 Å². The van der Waals surface area contributed by atoms with Gasteiger partial charge in [0.25, 0.3) is 0 Å². The molecule has 1 atom stereocenters. The van der Waals surface area contributed by atoms with Gasteiger partial charge in [0.1, 0.15) is 6.61 Å². The molecule has 2 aliphatic heterocycles. The summed E-state index contributed by atoms with van der Waals surface area (Å²) >= 11 is 1.48. The normalized spacial score (nSPS) is 19.0. The number of Topliss-reactive ketones (excluding diaryl/α,β-unsaturated/α-hetero) is 1. The van der Waals surface area contributed by atoms with E-state index in [-0.39, 0.29) is 35.0 Å². The molecule has 3 heterocycles. The Balaban J connectivity index is 1.45. The van der Waals surface area contributed by atoms with Crippen molar-refractivity contribution >= 4 is 17.5 Å². The van der Waals surface area contributed by atoms with Gasteiger partial charge in [0, 0.05) is 35.0 Å². The van der Waals surface area contributed by atoms with Gasteiger partial charge in [-0.15, -0.1) is 11.8 Å². The predicted molar refractivity (Wildman–Crippen MR) is 159 cm³/mol. The second-order valence-electron chi connectivity index (χ2n) is 11.4. The number of benzene rings is 3. The predicted octanol–water partition coefficient (Wildman–Crippen LogP) is 7.19. The lowest BCUT2D eigenvalue weighted by Gasteiger charge is -2.49. The van der Waals surface area contributed by atoms with E-state index in [0.29, 0.717) is 30.5 Å². The molecule has 4 aromatic rings. The standard InChI is InChI=1S/C34H30F2N2O3S/c35-26-14-13-23-25(29(26)36)20-42-28-12-6-5-11-24(28)30(23)38-21-34(16-7-2-8-17-34)33(40)31-32(27(39)15-18-37(31)38)41-19-22-9-3-1-4-10-22/h1,3-6,9-15,18,30H,2,7-8,16-17,19-21H2/t30-/m1/s1. The van der Waals surface area contributed by atoms with E-state index in [1.807, 2.05) is 54.6 Å². The Hall–Kier alpha value is -3.91. The quantitative estimate of drug-likeness (QED) is 0.254. The van der Waals surface area contributed by atoms with Gasteiger partial charge in [-0.25, -0.2) is 8.78 Å². The molecule has 0 saturated heterocycles. The molecule has 214 valence electrons. The lowest BCUT2D eigenvalue weighted by molar-refractivity contribution is 0.0643. The number of pyridine rings is 1. The number of hydrogen-bond acceptors (Lipinski definition) is 5. The average molecular weight is 585 g/mol. The highest BCUT2D eigenvalue weighted by Crippen LogP contribution is 2.49. The molecule has 5 nitrogen and oxygen atoms in total. The van der Waals surface area contributed by atoms with Crippen molar-refractivity contribution in [2.75, 3.05) is 11.6 Å². The van der Waals surface area contributed by atoms with E-state index in [2.05, 4.69) is 5.01 Å². The van der Waals surface area contributed by atoms with E-state index in [1.54, 1.807) is 16.9 Å². The number of fused-ring (bicyclic) bond motifs is 3. The van der Waals surface area contributed by atoms with Crippen LogP contribution in [0.3, 0.4) is 0 Å². The van der Waals surface area contributed by atoms with E-state index < -0.39 is 23.1 Å². The first-order valence-electron chi connectivity index (χ1n) is 14.4. The molecule has 7 rings (SSSR count). The summed E-state index contributed by atoms with van der Waals surface area (Å²) in [5.41, 5.74) is 1.96. The van der Waals surface area contributed by atoms with Gasteiger partial charge in [-0.05, 0) is 41.7 Å². The van der Waals surface area contributed by atoms with Crippen LogP contribution in [-0.2, 0) is 12.4 Å². The van der Waals surface area contributed by atoms with E-state index in [4.69, 9.17) is 4.74 Å². The van der Waals surface area contributed by atoms with Gasteiger partial charge in [-0.2, -0.15) is 0 Å². The summed E-state index contributed by atoms with van der Waals surface area (Å²) in [6.07, 6.45) is 5.87. The summed E-state index contributed by atoms with van der Waals surface area (Å²) < 4.78 is 37.8. The van der Waals surface area contributed by atoms with Crippen molar-refractivity contribution in [2.24, 2.45) is 5.41 Å². The van der Waals surface area contributed by atoms with Crippen LogP contribution in [0.1, 0.15) is 70.9 Å². The van der Waals surface area contributed by atoms with Gasteiger partial charge in [-0.3, -0.25) is 19.3 Å². The Labute approximate surface area is 247 Å². The number of carbonyl (C=O) groups excluding carboxylic acids is 1. The fourth-order valence-electron chi connectivity index (χ4n) is 6.83. The van der Waals surface area contributed by atoms with Crippen molar-refractivity contribution in [2.45, 2.75) is 55.4 Å². The lowest BCUT2D eigenvalue weighted by atomic mass is 9.68. The van der Waals surface area contributed by atoms with Crippen LogP contribution in [0.15, 0.2) is 88.7 Å². The SMILES string of the molecule is O=C1c2c(OCc3ccccc3)c(=O)ccn2N([C@H]2c3ccccc3SCc3c2ccc(F)c3F)CC12CCCCC2. The molecule has 1 aromatic heterocycles. The van der Waals surface area contributed by atoms with Crippen LogP contribution in [0.4, 0.5) is 8.78 Å². The van der Waals surface area contributed by atoms with E-state index >= 15 is 4.39 Å². The summed E-state index contributed by atoms with van der Waals surface area (Å²) in [5.74, 6) is -1.49. The minimum absolute atomic E-state index is 0.0304. The van der Waals surface area contributed by atoms with Crippen molar-refractivity contribution in [3.63, 3.8) is 0 Å². The molecular weight excluding hydrogens is 554 g/mol. The molecule has 8 heteroatoms. The number of nitrogens with zero attached hydrogens (tertiary/aromatic N) is 2. The number of thioether (sulfide) groups is 1. The molecule has 0 radical (unpaired) electrons. The fraction of sp³-hybridized carbons (Fsp3) is 0.294. The maximum atomic E-state index is 15.4. The number of rotatable bonds is 4. The van der Waals surface area contributed by atoms with Crippen molar-refractivity contribution in [3.05, 3.63) is 129 Å². The van der Waals surface area contributed by atoms with Gasteiger partial charge in [-0.1, -0.05) is 73.9 Å². The molecular formula is C34H30F2N2O3S. The summed E-state index contributed by atoms with van der Waals surface area (Å²) in [6, 6.07) is 21.2. The number of halogens is 2. The second-order valence-corrected chi connectivity index (χ2v) is 12.4. The van der Waals surface area contributed by atoms with Crippen LogP contribution in [0.25, 0.3) is 0 Å². The van der Waals surface area contributed by atoms with E-state index in [1.165, 1.54) is 23.9 Å². The third kappa shape index (κ3) is 4.44. The summed E-state index contributed by atoms with van der Waals surface area (Å²) in [7, 11) is 0. The molecule has 3 aliphatic rings. The zero-order valence-electron chi connectivity index (χ0n) is 23.0. The Bertz CT molecular complexity index is 1730. The first-order valence-corrected chi connectivity index (χ1v) is 15.4. The van der Waals surface area contributed by atoms with Gasteiger partial charge in [0.2, 0.25) is 5.43 Å². The molecule has 0 bridgehead atoms. The Morgan fingerprint density at radius 1 is 0.881 bits per heavy atom. The summed E-state index contributed by atoms with van der Waals surface area (Å²) in [4.78, 5) is 28.8. The van der Waals surface area contributed by atoms with Gasteiger partial charge >= 0.3 is 0 Å². The van der Waals surface area contributed by atoms with Crippen LogP contribution in [0.2, 0.25) is 0 Å². The molecule has 0 unspecified atom stereocenters. The molecule has 42 heavy (non-hydrogen) atoms. The zero-order chi connectivity index (χ0) is 28.8. The number of ketones is 1. The molecule has 0 amide bonds. The number of hydrogen-bond donors (Lipinski definition) is 0. The number of aromatic nitrogens is 1. The molecule has 1 fully saturated rings. The Morgan fingerprint density at radius 2 is 1.64 bits per heavy atom. The first-order chi connectivity index (χ1) is 20.5. The highest BCUT2D eigenvalue weighted by atomic mass is 32.2. The zero-order valence-corrected chi connectivity index (χ0v) is 23.8. The van der Waals surface area contributed by atoms with Crippen LogP contribution in [0.5, 0.6) is 5.75 Å². The Morgan fingerprint density at radius 3 is 2.45 bits per heavy atom. The second kappa shape index (κ2) is 10.7. The van der Waals surface area contributed by atoms with Crippen LogP contribution in [-0.4, -0.2) is 17.0 Å². The topological polar surface area (TPSA) is 51.5 Å². The van der Waals surface area contributed by atoms with E-state index in [0.717, 1.165) is 35.3 Å². The monoisotopic (exact) mass is 584 g/mol. The van der Waals surface area contributed by atoms with Crippen LogP contribution < -0.4 is 15.2 Å². The smallest absolute Gasteiger partial charge is 0.224 e. The maximum Gasteiger partial charge on any atom is 0.224 e.